The van der Waals surface area contributed by atoms with Crippen LogP contribution < -0.4 is 5.43 Å². The molecular formula is C17H19BrN2O3. The molecule has 3 rings (SSSR count). The zero-order valence-corrected chi connectivity index (χ0v) is 14.9. The van der Waals surface area contributed by atoms with Gasteiger partial charge in [-0.1, -0.05) is 41.9 Å². The zero-order valence-electron chi connectivity index (χ0n) is 13.4. The number of nitrogens with zero attached hydrogens (tertiary/aromatic N) is 1. The number of fused-ring (bicyclic) bond motifs is 2. The van der Waals surface area contributed by atoms with E-state index in [1.54, 1.807) is 6.21 Å². The Morgan fingerprint density at radius 3 is 2.43 bits per heavy atom. The topological polar surface area (TPSA) is 67.8 Å². The molecule has 5 nitrogen and oxygen atoms in total. The van der Waals surface area contributed by atoms with Gasteiger partial charge in [0.1, 0.15) is 0 Å². The second-order valence-electron chi connectivity index (χ2n) is 6.92. The van der Waals surface area contributed by atoms with Crippen molar-refractivity contribution in [3.8, 4) is 0 Å². The minimum atomic E-state index is -1.13. The van der Waals surface area contributed by atoms with Crippen LogP contribution in [0.1, 0.15) is 39.2 Å². The van der Waals surface area contributed by atoms with Crippen molar-refractivity contribution in [2.75, 3.05) is 0 Å². The molecule has 2 aliphatic rings. The Hall–Kier alpha value is -1.69. The van der Waals surface area contributed by atoms with Crippen LogP contribution in [0.4, 0.5) is 0 Å². The van der Waals surface area contributed by atoms with E-state index in [9.17, 15) is 9.59 Å². The Balaban J connectivity index is 1.76. The maximum atomic E-state index is 12.7. The molecule has 1 aromatic carbocycles. The van der Waals surface area contributed by atoms with Gasteiger partial charge >= 0.3 is 5.97 Å². The van der Waals surface area contributed by atoms with Gasteiger partial charge in [0, 0.05) is 9.89 Å². The number of halogens is 1. The first-order chi connectivity index (χ1) is 10.7. The van der Waals surface area contributed by atoms with Crippen molar-refractivity contribution in [2.24, 2.45) is 15.9 Å². The Labute approximate surface area is 143 Å². The lowest BCUT2D eigenvalue weighted by Crippen LogP contribution is -2.52. The van der Waals surface area contributed by atoms with Crippen LogP contribution in [-0.4, -0.2) is 23.7 Å². The van der Waals surface area contributed by atoms with Crippen LogP contribution in [0.3, 0.4) is 0 Å². The molecule has 0 radical (unpaired) electrons. The molecule has 1 aliphatic carbocycles. The molecular weight excluding hydrogens is 360 g/mol. The third kappa shape index (κ3) is 2.15. The highest BCUT2D eigenvalue weighted by atomic mass is 79.9. The van der Waals surface area contributed by atoms with Gasteiger partial charge in [0.2, 0.25) is 0 Å². The maximum Gasteiger partial charge on any atom is 0.313 e. The summed E-state index contributed by atoms with van der Waals surface area (Å²) in [7, 11) is 0. The summed E-state index contributed by atoms with van der Waals surface area (Å²) in [5.74, 6) is -0.647. The van der Waals surface area contributed by atoms with Gasteiger partial charge in [-0.15, -0.1) is 0 Å². The molecule has 1 heterocycles. The van der Waals surface area contributed by atoms with Crippen LogP contribution in [0.25, 0.3) is 0 Å². The fourth-order valence-electron chi connectivity index (χ4n) is 3.55. The number of amides is 1. The summed E-state index contributed by atoms with van der Waals surface area (Å²) in [6.45, 7) is 5.72. The summed E-state index contributed by atoms with van der Waals surface area (Å²) in [5, 5.41) is 4.01. The second-order valence-corrected chi connectivity index (χ2v) is 7.84. The largest absolute Gasteiger partial charge is 0.448 e. The fraction of sp³-hybridized carbons (Fsp3) is 0.471. The van der Waals surface area contributed by atoms with Gasteiger partial charge in [0.25, 0.3) is 5.91 Å². The molecule has 2 bridgehead atoms. The van der Waals surface area contributed by atoms with Gasteiger partial charge in [-0.3, -0.25) is 9.59 Å². The first kappa shape index (κ1) is 16.2. The summed E-state index contributed by atoms with van der Waals surface area (Å²) in [6.07, 6.45) is 2.75. The predicted molar refractivity (Wildman–Crippen MR) is 89.8 cm³/mol. The lowest BCUT2D eigenvalue weighted by molar-refractivity contribution is -0.168. The van der Waals surface area contributed by atoms with E-state index in [0.717, 1.165) is 10.0 Å². The van der Waals surface area contributed by atoms with Crippen molar-refractivity contribution in [2.45, 2.75) is 39.2 Å². The average Bonchev–Trinajstić information content (AvgIpc) is 2.79. The number of hydrogen-bond donors (Lipinski definition) is 1. The molecule has 0 aromatic heterocycles. The molecule has 2 atom stereocenters. The van der Waals surface area contributed by atoms with Crippen molar-refractivity contribution >= 4 is 34.0 Å². The Morgan fingerprint density at radius 1 is 1.26 bits per heavy atom. The van der Waals surface area contributed by atoms with Crippen LogP contribution in [0.5, 0.6) is 0 Å². The molecule has 2 fully saturated rings. The van der Waals surface area contributed by atoms with Gasteiger partial charge in [0.05, 0.1) is 11.6 Å². The van der Waals surface area contributed by atoms with Crippen LogP contribution in [0, 0.1) is 10.8 Å². The molecule has 1 saturated carbocycles. The molecule has 1 saturated heterocycles. The summed E-state index contributed by atoms with van der Waals surface area (Å²) in [4.78, 5) is 24.8. The Bertz CT molecular complexity index is 698. The number of ether oxygens (including phenoxy) is 1. The van der Waals surface area contributed by atoms with E-state index in [-0.39, 0.29) is 11.9 Å². The number of hydrogen-bond acceptors (Lipinski definition) is 4. The van der Waals surface area contributed by atoms with E-state index in [4.69, 9.17) is 4.74 Å². The highest BCUT2D eigenvalue weighted by Gasteiger charge is 2.75. The maximum absolute atomic E-state index is 12.7. The van der Waals surface area contributed by atoms with E-state index < -0.39 is 16.4 Å². The number of esters is 1. The first-order valence-electron chi connectivity index (χ1n) is 7.55. The number of nitrogens with one attached hydrogen (secondary N) is 1. The van der Waals surface area contributed by atoms with Crippen molar-refractivity contribution in [1.82, 2.24) is 5.43 Å². The summed E-state index contributed by atoms with van der Waals surface area (Å²) < 4.78 is 6.49. The minimum Gasteiger partial charge on any atom is -0.448 e. The Kier molecular flexibility index (Phi) is 3.63. The van der Waals surface area contributed by atoms with Gasteiger partial charge in [-0.25, -0.2) is 5.43 Å². The van der Waals surface area contributed by atoms with E-state index in [1.165, 1.54) is 0 Å². The smallest absolute Gasteiger partial charge is 0.313 e. The standard InChI is InChI=1S/C17H19BrN2O3/c1-15(2)16(3)8-9-17(15,23-14(16)22)13(21)20-19-10-11-4-6-12(18)7-5-11/h4-7,10H,8-9H2,1-3H3,(H,20,21). The summed E-state index contributed by atoms with van der Waals surface area (Å²) in [5.41, 5.74) is 1.11. The number of benzene rings is 1. The number of hydrazone groups is 1. The van der Waals surface area contributed by atoms with Crippen molar-refractivity contribution in [3.05, 3.63) is 34.3 Å². The molecule has 6 heteroatoms. The van der Waals surface area contributed by atoms with Gasteiger partial charge < -0.3 is 4.74 Å². The van der Waals surface area contributed by atoms with Crippen molar-refractivity contribution < 1.29 is 14.3 Å². The first-order valence-corrected chi connectivity index (χ1v) is 8.35. The summed E-state index contributed by atoms with van der Waals surface area (Å²) >= 11 is 3.36. The fourth-order valence-corrected chi connectivity index (χ4v) is 3.82. The van der Waals surface area contributed by atoms with E-state index in [1.807, 2.05) is 45.0 Å². The van der Waals surface area contributed by atoms with E-state index >= 15 is 0 Å². The van der Waals surface area contributed by atoms with Gasteiger partial charge in [-0.05, 0) is 37.5 Å². The number of carbonyl (C=O) groups is 2. The second kappa shape index (κ2) is 5.16. The quantitative estimate of drug-likeness (QED) is 0.499. The van der Waals surface area contributed by atoms with E-state index in [0.29, 0.717) is 12.8 Å². The molecule has 1 aliphatic heterocycles. The molecule has 122 valence electrons. The van der Waals surface area contributed by atoms with Crippen LogP contribution in [-0.2, 0) is 14.3 Å². The van der Waals surface area contributed by atoms with Gasteiger partial charge in [0.15, 0.2) is 5.60 Å². The number of rotatable bonds is 3. The molecule has 1 N–H and O–H groups in total. The lowest BCUT2D eigenvalue weighted by atomic mass is 9.66. The zero-order chi connectivity index (χ0) is 16.9. The minimum absolute atomic E-state index is 0.291. The average molecular weight is 379 g/mol. The van der Waals surface area contributed by atoms with Crippen LogP contribution in [0.2, 0.25) is 0 Å². The van der Waals surface area contributed by atoms with E-state index in [2.05, 4.69) is 26.5 Å². The molecule has 2 unspecified atom stereocenters. The van der Waals surface area contributed by atoms with Crippen LogP contribution in [0.15, 0.2) is 33.8 Å². The predicted octanol–water partition coefficient (Wildman–Crippen LogP) is 3.02. The number of carbonyl (C=O) groups excluding carboxylic acids is 2. The van der Waals surface area contributed by atoms with Crippen molar-refractivity contribution in [3.63, 3.8) is 0 Å². The highest BCUT2D eigenvalue weighted by molar-refractivity contribution is 9.10. The SMILES string of the molecule is CC12CCC(C(=O)NN=Cc3ccc(Br)cc3)(OC1=O)C2(C)C. The summed E-state index contributed by atoms with van der Waals surface area (Å²) in [6, 6.07) is 7.55. The molecule has 0 spiro atoms. The Morgan fingerprint density at radius 2 is 1.91 bits per heavy atom. The lowest BCUT2D eigenvalue weighted by Gasteiger charge is -2.34. The molecule has 1 amide bonds. The highest BCUT2D eigenvalue weighted by Crippen LogP contribution is 2.65. The third-order valence-electron chi connectivity index (χ3n) is 5.70. The molecule has 1 aromatic rings. The third-order valence-corrected chi connectivity index (χ3v) is 6.23. The monoisotopic (exact) mass is 378 g/mol. The van der Waals surface area contributed by atoms with Gasteiger partial charge in [-0.2, -0.15) is 5.10 Å². The molecule has 23 heavy (non-hydrogen) atoms. The normalized spacial score (nSPS) is 31.4. The van der Waals surface area contributed by atoms with Crippen molar-refractivity contribution in [1.29, 1.82) is 0 Å². The van der Waals surface area contributed by atoms with Crippen LogP contribution >= 0.6 is 15.9 Å².